The number of amides is 1. The highest BCUT2D eigenvalue weighted by Gasteiger charge is 2.28. The Morgan fingerprint density at radius 2 is 2.14 bits per heavy atom. The second-order valence-corrected chi connectivity index (χ2v) is 8.29. The number of fused-ring (bicyclic) bond motifs is 3. The number of nitrogens with one attached hydrogen (secondary N) is 1. The van der Waals surface area contributed by atoms with Gasteiger partial charge in [-0.2, -0.15) is 0 Å². The average molecular weight is 378 g/mol. The summed E-state index contributed by atoms with van der Waals surface area (Å²) in [6, 6.07) is 6.97. The molecule has 3 aromatic rings. The molecular formula is C22H26N4O2. The first kappa shape index (κ1) is 17.6. The van der Waals surface area contributed by atoms with Crippen LogP contribution >= 0.6 is 0 Å². The fourth-order valence-corrected chi connectivity index (χ4v) is 4.32. The Kier molecular flexibility index (Phi) is 4.31. The van der Waals surface area contributed by atoms with Gasteiger partial charge in [-0.05, 0) is 51.7 Å². The number of hydrogen-bond acceptors (Lipinski definition) is 4. The van der Waals surface area contributed by atoms with Crippen molar-refractivity contribution in [1.29, 1.82) is 0 Å². The zero-order valence-electron chi connectivity index (χ0n) is 16.4. The predicted molar refractivity (Wildman–Crippen MR) is 108 cm³/mol. The van der Waals surface area contributed by atoms with Gasteiger partial charge in [0.2, 0.25) is 5.91 Å². The Labute approximate surface area is 164 Å². The van der Waals surface area contributed by atoms with Crippen LogP contribution < -0.4 is 5.32 Å². The minimum Gasteiger partial charge on any atom is -0.378 e. The van der Waals surface area contributed by atoms with Crippen LogP contribution in [0.3, 0.4) is 0 Å². The minimum absolute atomic E-state index is 0.0626. The van der Waals surface area contributed by atoms with Gasteiger partial charge in [0.25, 0.3) is 0 Å². The first-order chi connectivity index (χ1) is 13.6. The lowest BCUT2D eigenvalue weighted by atomic mass is 10.0. The Morgan fingerprint density at radius 1 is 1.29 bits per heavy atom. The molecule has 2 aromatic heterocycles. The Balaban J connectivity index is 1.66. The molecule has 0 bridgehead atoms. The SMILES string of the molecule is Cc1ccc2ncc3nc(CC(=O)NC4CC4)n([C@@H]4CCO[C@H](C)C4)c3c2c1. The van der Waals surface area contributed by atoms with Gasteiger partial charge in [0.15, 0.2) is 0 Å². The first-order valence-electron chi connectivity index (χ1n) is 10.3. The molecule has 3 heterocycles. The van der Waals surface area contributed by atoms with Crippen LogP contribution in [0.5, 0.6) is 0 Å². The molecule has 6 heteroatoms. The molecule has 1 aromatic carbocycles. The quantitative estimate of drug-likeness (QED) is 0.755. The molecule has 6 nitrogen and oxygen atoms in total. The van der Waals surface area contributed by atoms with Crippen LogP contribution in [0.2, 0.25) is 0 Å². The summed E-state index contributed by atoms with van der Waals surface area (Å²) in [6.07, 6.45) is 6.40. The van der Waals surface area contributed by atoms with Crippen molar-refractivity contribution in [2.24, 2.45) is 0 Å². The van der Waals surface area contributed by atoms with Crippen molar-refractivity contribution in [2.45, 2.75) is 64.1 Å². The molecule has 1 N–H and O–H groups in total. The lowest BCUT2D eigenvalue weighted by Gasteiger charge is -2.30. The fraction of sp³-hybridized carbons (Fsp3) is 0.500. The summed E-state index contributed by atoms with van der Waals surface area (Å²) >= 11 is 0. The summed E-state index contributed by atoms with van der Waals surface area (Å²) in [5.41, 5.74) is 4.13. The minimum atomic E-state index is 0.0626. The molecule has 146 valence electrons. The highest BCUT2D eigenvalue weighted by atomic mass is 16.5. The highest BCUT2D eigenvalue weighted by molar-refractivity contribution is 6.02. The summed E-state index contributed by atoms with van der Waals surface area (Å²) in [4.78, 5) is 22.0. The number of nitrogens with zero attached hydrogens (tertiary/aromatic N) is 3. The van der Waals surface area contributed by atoms with E-state index in [9.17, 15) is 4.79 Å². The zero-order valence-corrected chi connectivity index (χ0v) is 16.4. The number of rotatable bonds is 4. The van der Waals surface area contributed by atoms with Crippen LogP contribution in [0.4, 0.5) is 0 Å². The van der Waals surface area contributed by atoms with Gasteiger partial charge in [-0.15, -0.1) is 0 Å². The molecule has 2 aliphatic rings. The van der Waals surface area contributed by atoms with Gasteiger partial charge < -0.3 is 14.6 Å². The highest BCUT2D eigenvalue weighted by Crippen LogP contribution is 2.34. The number of aryl methyl sites for hydroxylation is 1. The molecule has 0 spiro atoms. The molecule has 1 aliphatic carbocycles. The molecule has 28 heavy (non-hydrogen) atoms. The first-order valence-corrected chi connectivity index (χ1v) is 10.3. The molecule has 5 rings (SSSR count). The van der Waals surface area contributed by atoms with Gasteiger partial charge in [0.05, 0.1) is 29.8 Å². The summed E-state index contributed by atoms with van der Waals surface area (Å²) < 4.78 is 8.09. The molecule has 1 saturated carbocycles. The van der Waals surface area contributed by atoms with Crippen molar-refractivity contribution < 1.29 is 9.53 Å². The second-order valence-electron chi connectivity index (χ2n) is 8.29. The van der Waals surface area contributed by atoms with E-state index in [-0.39, 0.29) is 18.1 Å². The van der Waals surface area contributed by atoms with Crippen LogP contribution in [0.15, 0.2) is 24.4 Å². The Hall–Kier alpha value is -2.47. The number of imidazole rings is 1. The van der Waals surface area contributed by atoms with E-state index in [2.05, 4.69) is 46.9 Å². The maximum Gasteiger partial charge on any atom is 0.227 e. The molecule has 1 aliphatic heterocycles. The number of carbonyl (C=O) groups is 1. The standard InChI is InChI=1S/C22H26N4O2/c1-13-3-6-18-17(9-13)22-19(12-23-18)25-20(11-21(27)24-15-4-5-15)26(22)16-7-8-28-14(2)10-16/h3,6,9,12,14-16H,4-5,7-8,10-11H2,1-2H3,(H,24,27)/t14-,16-/m1/s1. The Bertz CT molecular complexity index is 1050. The third kappa shape index (κ3) is 3.26. The van der Waals surface area contributed by atoms with Crippen molar-refractivity contribution in [1.82, 2.24) is 19.9 Å². The van der Waals surface area contributed by atoms with Crippen LogP contribution in [-0.4, -0.2) is 39.2 Å². The normalized spacial score (nSPS) is 22.6. The number of aromatic nitrogens is 3. The second kappa shape index (κ2) is 6.85. The largest absolute Gasteiger partial charge is 0.378 e. The molecule has 1 saturated heterocycles. The average Bonchev–Trinajstić information content (AvgIpc) is 3.39. The van der Waals surface area contributed by atoms with Gasteiger partial charge in [0.1, 0.15) is 11.3 Å². The molecule has 2 atom stereocenters. The van der Waals surface area contributed by atoms with Gasteiger partial charge in [-0.1, -0.05) is 11.6 Å². The lowest BCUT2D eigenvalue weighted by Crippen LogP contribution is -2.30. The van der Waals surface area contributed by atoms with Crippen LogP contribution in [0, 0.1) is 6.92 Å². The van der Waals surface area contributed by atoms with E-state index in [1.807, 2.05) is 6.20 Å². The number of hydrogen-bond donors (Lipinski definition) is 1. The summed E-state index contributed by atoms with van der Waals surface area (Å²) in [6.45, 7) is 4.95. The maximum atomic E-state index is 12.6. The number of carbonyl (C=O) groups excluding carboxylic acids is 1. The summed E-state index contributed by atoms with van der Waals surface area (Å²) in [5.74, 6) is 0.899. The van der Waals surface area contributed by atoms with E-state index in [4.69, 9.17) is 9.72 Å². The molecule has 1 amide bonds. The van der Waals surface area contributed by atoms with Gasteiger partial charge in [-0.3, -0.25) is 9.78 Å². The smallest absolute Gasteiger partial charge is 0.227 e. The monoisotopic (exact) mass is 378 g/mol. The number of pyridine rings is 1. The van der Waals surface area contributed by atoms with E-state index >= 15 is 0 Å². The van der Waals surface area contributed by atoms with Gasteiger partial charge in [0, 0.05) is 24.1 Å². The van der Waals surface area contributed by atoms with E-state index in [0.29, 0.717) is 12.5 Å². The third-order valence-electron chi connectivity index (χ3n) is 5.83. The maximum absolute atomic E-state index is 12.6. The van der Waals surface area contributed by atoms with Crippen LogP contribution in [0.25, 0.3) is 21.9 Å². The summed E-state index contributed by atoms with van der Waals surface area (Å²) in [5, 5.41) is 4.21. The van der Waals surface area contributed by atoms with E-state index < -0.39 is 0 Å². The van der Waals surface area contributed by atoms with Crippen molar-refractivity contribution in [2.75, 3.05) is 6.61 Å². The summed E-state index contributed by atoms with van der Waals surface area (Å²) in [7, 11) is 0. The van der Waals surface area contributed by atoms with Crippen LogP contribution in [-0.2, 0) is 16.0 Å². The van der Waals surface area contributed by atoms with Gasteiger partial charge >= 0.3 is 0 Å². The van der Waals surface area contributed by atoms with Crippen molar-refractivity contribution in [3.05, 3.63) is 35.8 Å². The van der Waals surface area contributed by atoms with Gasteiger partial charge in [-0.25, -0.2) is 4.98 Å². The van der Waals surface area contributed by atoms with Crippen molar-refractivity contribution >= 4 is 27.8 Å². The van der Waals surface area contributed by atoms with E-state index in [1.54, 1.807) is 0 Å². The molecule has 0 unspecified atom stereocenters. The fourth-order valence-electron chi connectivity index (χ4n) is 4.32. The molecule has 0 radical (unpaired) electrons. The molecule has 2 fully saturated rings. The third-order valence-corrected chi connectivity index (χ3v) is 5.83. The predicted octanol–water partition coefficient (Wildman–Crippen LogP) is 3.45. The van der Waals surface area contributed by atoms with E-state index in [0.717, 1.165) is 60.1 Å². The zero-order chi connectivity index (χ0) is 19.3. The van der Waals surface area contributed by atoms with Crippen LogP contribution in [0.1, 0.15) is 50.0 Å². The topological polar surface area (TPSA) is 69.0 Å². The number of benzene rings is 1. The Morgan fingerprint density at radius 3 is 2.93 bits per heavy atom. The van der Waals surface area contributed by atoms with E-state index in [1.165, 1.54) is 5.56 Å². The molecular weight excluding hydrogens is 352 g/mol. The number of ether oxygens (including phenoxy) is 1. The van der Waals surface area contributed by atoms with Crippen molar-refractivity contribution in [3.63, 3.8) is 0 Å². The van der Waals surface area contributed by atoms with Crippen molar-refractivity contribution in [3.8, 4) is 0 Å². The lowest BCUT2D eigenvalue weighted by molar-refractivity contribution is -0.120.